The summed E-state index contributed by atoms with van der Waals surface area (Å²) in [4.78, 5) is 28.7. The molecule has 2 saturated heterocycles. The maximum Gasteiger partial charge on any atom is 0.238 e. The average molecular weight is 434 g/mol. The van der Waals surface area contributed by atoms with Gasteiger partial charge in [-0.15, -0.1) is 11.8 Å². The Balaban J connectivity index is 1.28. The first-order valence-electron chi connectivity index (χ1n) is 10.1. The van der Waals surface area contributed by atoms with Gasteiger partial charge in [0.15, 0.2) is 0 Å². The highest BCUT2D eigenvalue weighted by Gasteiger charge is 2.55. The summed E-state index contributed by atoms with van der Waals surface area (Å²) in [7, 11) is 0. The highest BCUT2D eigenvalue weighted by molar-refractivity contribution is 8.23. The summed E-state index contributed by atoms with van der Waals surface area (Å²) in [5, 5.41) is 13.6. The van der Waals surface area contributed by atoms with E-state index in [9.17, 15) is 14.7 Å². The van der Waals surface area contributed by atoms with Gasteiger partial charge in [-0.05, 0) is 38.4 Å². The van der Waals surface area contributed by atoms with Crippen molar-refractivity contribution in [3.8, 4) is 0 Å². The Bertz CT molecular complexity index is 817. The summed E-state index contributed by atoms with van der Waals surface area (Å²) in [5.41, 5.74) is 1.85. The minimum absolute atomic E-state index is 0.0126. The molecule has 3 aliphatic heterocycles. The van der Waals surface area contributed by atoms with E-state index in [0.29, 0.717) is 18.2 Å². The second-order valence-corrected chi connectivity index (χ2v) is 10.5. The molecule has 0 bridgehead atoms. The number of allylic oxidation sites excluding steroid dienone is 1. The van der Waals surface area contributed by atoms with Gasteiger partial charge in [-0.25, -0.2) is 0 Å². The standard InChI is InChI=1S/C21H27N3O3S2/c1-3-16(25)18-19(27)24-13(2)21(29-20(18)24)28-15-9-10-23(11-15)12-17(26)22-14-7-5-4-6-8-14/h4-8,15-16,18,20,25H,3,9-12H2,1-2H3,(H,22,26)/t15-,16-,18+,20+/m0/s1. The summed E-state index contributed by atoms with van der Waals surface area (Å²) >= 11 is 3.54. The van der Waals surface area contributed by atoms with Gasteiger partial charge in [-0.2, -0.15) is 0 Å². The van der Waals surface area contributed by atoms with Gasteiger partial charge in [0.05, 0.1) is 22.8 Å². The van der Waals surface area contributed by atoms with Crippen LogP contribution >= 0.6 is 23.5 Å². The molecule has 6 nitrogen and oxygen atoms in total. The van der Waals surface area contributed by atoms with Crippen LogP contribution in [0.3, 0.4) is 0 Å². The first kappa shape index (κ1) is 20.8. The maximum atomic E-state index is 12.4. The van der Waals surface area contributed by atoms with E-state index in [4.69, 9.17) is 0 Å². The Labute approximate surface area is 180 Å². The van der Waals surface area contributed by atoms with Crippen molar-refractivity contribution in [2.75, 3.05) is 25.0 Å². The Morgan fingerprint density at radius 1 is 1.38 bits per heavy atom. The van der Waals surface area contributed by atoms with Crippen LogP contribution in [0, 0.1) is 5.92 Å². The Morgan fingerprint density at radius 3 is 2.86 bits per heavy atom. The number of benzene rings is 1. The zero-order valence-corrected chi connectivity index (χ0v) is 18.3. The third-order valence-corrected chi connectivity index (χ3v) is 8.79. The van der Waals surface area contributed by atoms with Crippen molar-refractivity contribution < 1.29 is 14.7 Å². The van der Waals surface area contributed by atoms with Crippen LogP contribution < -0.4 is 5.32 Å². The number of hydrogen-bond acceptors (Lipinski definition) is 6. The van der Waals surface area contributed by atoms with Crippen molar-refractivity contribution in [1.29, 1.82) is 0 Å². The van der Waals surface area contributed by atoms with Gasteiger partial charge in [0.2, 0.25) is 11.8 Å². The molecule has 156 valence electrons. The summed E-state index contributed by atoms with van der Waals surface area (Å²) < 4.78 is 1.19. The lowest BCUT2D eigenvalue weighted by Gasteiger charge is -2.44. The number of hydrogen-bond donors (Lipinski definition) is 2. The van der Waals surface area contributed by atoms with E-state index < -0.39 is 6.10 Å². The molecular formula is C21H27N3O3S2. The predicted octanol–water partition coefficient (Wildman–Crippen LogP) is 2.92. The van der Waals surface area contributed by atoms with Crippen LogP contribution in [0.5, 0.6) is 0 Å². The highest BCUT2D eigenvalue weighted by atomic mass is 32.2. The molecule has 0 aromatic heterocycles. The molecule has 2 N–H and O–H groups in total. The van der Waals surface area contributed by atoms with E-state index in [0.717, 1.165) is 30.9 Å². The van der Waals surface area contributed by atoms with Gasteiger partial charge >= 0.3 is 0 Å². The number of carbonyl (C=O) groups excluding carboxylic acids is 2. The van der Waals surface area contributed by atoms with E-state index in [1.54, 1.807) is 11.8 Å². The molecular weight excluding hydrogens is 406 g/mol. The molecule has 3 aliphatic rings. The van der Waals surface area contributed by atoms with E-state index in [2.05, 4.69) is 10.2 Å². The Hall–Kier alpha value is -1.48. The van der Waals surface area contributed by atoms with Gasteiger partial charge in [0, 0.05) is 23.2 Å². The summed E-state index contributed by atoms with van der Waals surface area (Å²) in [6, 6.07) is 9.52. The molecule has 2 amide bonds. The van der Waals surface area contributed by atoms with E-state index in [1.165, 1.54) is 4.24 Å². The third-order valence-electron chi connectivity index (χ3n) is 5.73. The molecule has 0 spiro atoms. The first-order chi connectivity index (χ1) is 14.0. The van der Waals surface area contributed by atoms with Gasteiger partial charge in [0.25, 0.3) is 0 Å². The molecule has 4 atom stereocenters. The maximum absolute atomic E-state index is 12.4. The van der Waals surface area contributed by atoms with Crippen LogP contribution in [0.1, 0.15) is 26.7 Å². The number of likely N-dealkylation sites (tertiary alicyclic amines) is 1. The second-order valence-electron chi connectivity index (χ2n) is 7.77. The minimum Gasteiger partial charge on any atom is -0.392 e. The Morgan fingerprint density at radius 2 is 2.14 bits per heavy atom. The van der Waals surface area contributed by atoms with Crippen LogP contribution in [0.2, 0.25) is 0 Å². The van der Waals surface area contributed by atoms with Crippen LogP contribution in [-0.2, 0) is 9.59 Å². The lowest BCUT2D eigenvalue weighted by molar-refractivity contribution is -0.153. The SMILES string of the molecule is CC[C@H](O)[C@@H]1C(=O)N2C(C)=C(S[C@H]3CCN(CC(=O)Nc4ccccc4)C3)S[C@H]12. The number of anilines is 1. The van der Waals surface area contributed by atoms with Crippen molar-refractivity contribution in [2.24, 2.45) is 5.92 Å². The van der Waals surface area contributed by atoms with Crippen LogP contribution in [0.15, 0.2) is 40.3 Å². The van der Waals surface area contributed by atoms with Crippen LogP contribution in [0.25, 0.3) is 0 Å². The molecule has 2 fully saturated rings. The number of fused-ring (bicyclic) bond motifs is 1. The third kappa shape index (κ3) is 4.21. The Kier molecular flexibility index (Phi) is 6.24. The molecule has 4 rings (SSSR count). The fourth-order valence-electron chi connectivity index (χ4n) is 4.10. The molecule has 1 aromatic carbocycles. The zero-order valence-electron chi connectivity index (χ0n) is 16.7. The lowest BCUT2D eigenvalue weighted by Crippen LogP contribution is -2.60. The summed E-state index contributed by atoms with van der Waals surface area (Å²) in [5.74, 6) is -0.214. The fourth-order valence-corrected chi connectivity index (χ4v) is 7.40. The molecule has 8 heteroatoms. The normalized spacial score (nSPS) is 27.8. The van der Waals surface area contributed by atoms with E-state index >= 15 is 0 Å². The van der Waals surface area contributed by atoms with E-state index in [1.807, 2.05) is 60.8 Å². The largest absolute Gasteiger partial charge is 0.392 e. The van der Waals surface area contributed by atoms with Gasteiger partial charge in [-0.1, -0.05) is 36.9 Å². The highest BCUT2D eigenvalue weighted by Crippen LogP contribution is 2.55. The lowest BCUT2D eigenvalue weighted by atomic mass is 9.90. The van der Waals surface area contributed by atoms with Crippen LogP contribution in [-0.4, -0.2) is 63.1 Å². The van der Waals surface area contributed by atoms with Crippen LogP contribution in [0.4, 0.5) is 5.69 Å². The molecule has 0 unspecified atom stereocenters. The fraction of sp³-hybridized carbons (Fsp3) is 0.524. The number of para-hydroxylation sites is 1. The topological polar surface area (TPSA) is 72.9 Å². The smallest absolute Gasteiger partial charge is 0.238 e. The minimum atomic E-state index is -0.557. The number of nitrogens with one attached hydrogen (secondary N) is 1. The number of aliphatic hydroxyl groups is 1. The number of β-lactam (4-membered cyclic amide) rings is 1. The number of aliphatic hydroxyl groups excluding tert-OH is 1. The predicted molar refractivity (Wildman–Crippen MR) is 118 cm³/mol. The molecule has 29 heavy (non-hydrogen) atoms. The number of carbonyl (C=O) groups is 2. The monoisotopic (exact) mass is 433 g/mol. The molecule has 0 saturated carbocycles. The average Bonchev–Trinajstić information content (AvgIpc) is 3.24. The first-order valence-corrected chi connectivity index (χ1v) is 11.9. The van der Waals surface area contributed by atoms with Crippen molar-refractivity contribution in [3.05, 3.63) is 40.3 Å². The molecule has 0 aliphatic carbocycles. The number of thioether (sulfide) groups is 2. The molecule has 1 aromatic rings. The van der Waals surface area contributed by atoms with Crippen molar-refractivity contribution in [1.82, 2.24) is 9.80 Å². The van der Waals surface area contributed by atoms with Crippen molar-refractivity contribution in [2.45, 2.75) is 43.4 Å². The van der Waals surface area contributed by atoms with Gasteiger partial charge < -0.3 is 15.3 Å². The summed E-state index contributed by atoms with van der Waals surface area (Å²) in [6.07, 6.45) is 1.07. The number of nitrogens with zero attached hydrogens (tertiary/aromatic N) is 2. The van der Waals surface area contributed by atoms with Gasteiger partial charge in [0.1, 0.15) is 5.37 Å². The van der Waals surface area contributed by atoms with Gasteiger partial charge in [-0.3, -0.25) is 14.5 Å². The zero-order chi connectivity index (χ0) is 20.5. The quantitative estimate of drug-likeness (QED) is 0.644. The molecule has 0 radical (unpaired) electrons. The molecule has 3 heterocycles. The number of amides is 2. The van der Waals surface area contributed by atoms with E-state index in [-0.39, 0.29) is 23.1 Å². The van der Waals surface area contributed by atoms with Crippen molar-refractivity contribution >= 4 is 41.0 Å². The summed E-state index contributed by atoms with van der Waals surface area (Å²) in [6.45, 7) is 6.08. The number of rotatable bonds is 7. The van der Waals surface area contributed by atoms with Crippen molar-refractivity contribution in [3.63, 3.8) is 0 Å². The second kappa shape index (κ2) is 8.71.